The number of amides is 1. The molecule has 0 aliphatic carbocycles. The van der Waals surface area contributed by atoms with Gasteiger partial charge in [0.25, 0.3) is 5.91 Å². The molecule has 0 aromatic carbocycles. The van der Waals surface area contributed by atoms with Crippen molar-refractivity contribution in [3.05, 3.63) is 48.2 Å². The van der Waals surface area contributed by atoms with Crippen LogP contribution < -0.4 is 4.90 Å². The van der Waals surface area contributed by atoms with E-state index < -0.39 is 0 Å². The molecule has 1 aliphatic heterocycles. The Morgan fingerprint density at radius 2 is 1.84 bits per heavy atom. The topological polar surface area (TPSA) is 62.2 Å². The maximum Gasteiger partial charge on any atom is 0.272 e. The molecule has 0 N–H and O–H groups in total. The molecule has 0 radical (unpaired) electrons. The van der Waals surface area contributed by atoms with Crippen LogP contribution in [0.2, 0.25) is 0 Å². The van der Waals surface area contributed by atoms with Crippen LogP contribution in [0, 0.1) is 0 Å². The SMILES string of the molecule is CN(CCc1ccncc1)c1cc(C(=O)N2CCCCCC2)ncn1. The summed E-state index contributed by atoms with van der Waals surface area (Å²) in [6.45, 7) is 2.48. The Morgan fingerprint density at radius 1 is 1.12 bits per heavy atom. The highest BCUT2D eigenvalue weighted by Crippen LogP contribution is 2.15. The first-order chi connectivity index (χ1) is 12.2. The van der Waals surface area contributed by atoms with Crippen LogP contribution in [-0.2, 0) is 6.42 Å². The molecule has 0 unspecified atom stereocenters. The van der Waals surface area contributed by atoms with E-state index in [4.69, 9.17) is 0 Å². The molecule has 132 valence electrons. The summed E-state index contributed by atoms with van der Waals surface area (Å²) in [6, 6.07) is 5.84. The largest absolute Gasteiger partial charge is 0.359 e. The summed E-state index contributed by atoms with van der Waals surface area (Å²) in [5.41, 5.74) is 1.72. The second-order valence-corrected chi connectivity index (χ2v) is 6.49. The molecule has 1 aliphatic rings. The Kier molecular flexibility index (Phi) is 5.93. The molecule has 1 saturated heterocycles. The third-order valence-corrected chi connectivity index (χ3v) is 4.64. The van der Waals surface area contributed by atoms with Gasteiger partial charge in [-0.05, 0) is 37.0 Å². The van der Waals surface area contributed by atoms with Gasteiger partial charge >= 0.3 is 0 Å². The van der Waals surface area contributed by atoms with Gasteiger partial charge < -0.3 is 9.80 Å². The summed E-state index contributed by atoms with van der Waals surface area (Å²) in [5, 5.41) is 0. The number of likely N-dealkylation sites (N-methyl/N-ethyl adjacent to an activating group) is 1. The second-order valence-electron chi connectivity index (χ2n) is 6.49. The first kappa shape index (κ1) is 17.3. The molecular weight excluding hydrogens is 314 g/mol. The zero-order valence-electron chi connectivity index (χ0n) is 14.8. The van der Waals surface area contributed by atoms with Gasteiger partial charge in [0.1, 0.15) is 17.8 Å². The normalized spacial score (nSPS) is 14.8. The zero-order valence-corrected chi connectivity index (χ0v) is 14.8. The molecule has 6 nitrogen and oxygen atoms in total. The maximum atomic E-state index is 12.7. The van der Waals surface area contributed by atoms with Crippen LogP contribution >= 0.6 is 0 Å². The molecule has 0 bridgehead atoms. The van der Waals surface area contributed by atoms with Gasteiger partial charge in [-0.3, -0.25) is 9.78 Å². The molecule has 6 heteroatoms. The molecule has 3 heterocycles. The van der Waals surface area contributed by atoms with Crippen LogP contribution in [0.1, 0.15) is 41.7 Å². The number of carbonyl (C=O) groups excluding carboxylic acids is 1. The van der Waals surface area contributed by atoms with E-state index in [1.807, 2.05) is 24.1 Å². The van der Waals surface area contributed by atoms with Gasteiger partial charge in [-0.15, -0.1) is 0 Å². The minimum Gasteiger partial charge on any atom is -0.359 e. The standard InChI is InChI=1S/C19H25N5O/c1-23(13-8-16-6-9-20-10-7-16)18-14-17(21-15-22-18)19(25)24-11-4-2-3-5-12-24/h6-7,9-10,14-15H,2-5,8,11-13H2,1H3. The molecule has 25 heavy (non-hydrogen) atoms. The summed E-state index contributed by atoms with van der Waals surface area (Å²) in [6.07, 6.45) is 10.6. The molecular formula is C19H25N5O. The van der Waals surface area contributed by atoms with Crippen molar-refractivity contribution in [3.63, 3.8) is 0 Å². The Labute approximate surface area is 148 Å². The van der Waals surface area contributed by atoms with Crippen LogP contribution in [0.4, 0.5) is 5.82 Å². The number of nitrogens with zero attached hydrogens (tertiary/aromatic N) is 5. The van der Waals surface area contributed by atoms with Gasteiger partial charge in [-0.25, -0.2) is 9.97 Å². The van der Waals surface area contributed by atoms with Crippen LogP contribution in [-0.4, -0.2) is 52.4 Å². The fourth-order valence-corrected chi connectivity index (χ4v) is 3.07. The van der Waals surface area contributed by atoms with Crippen molar-refractivity contribution in [2.45, 2.75) is 32.1 Å². The number of rotatable bonds is 5. The Morgan fingerprint density at radius 3 is 2.56 bits per heavy atom. The first-order valence-electron chi connectivity index (χ1n) is 8.95. The quantitative estimate of drug-likeness (QED) is 0.838. The van der Waals surface area contributed by atoms with Crippen molar-refractivity contribution in [2.24, 2.45) is 0 Å². The summed E-state index contributed by atoms with van der Waals surface area (Å²) in [5.74, 6) is 0.801. The summed E-state index contributed by atoms with van der Waals surface area (Å²) >= 11 is 0. The van der Waals surface area contributed by atoms with E-state index in [-0.39, 0.29) is 5.91 Å². The molecule has 2 aromatic heterocycles. The maximum absolute atomic E-state index is 12.7. The molecule has 3 rings (SSSR count). The minimum absolute atomic E-state index is 0.0214. The Bertz CT molecular complexity index is 683. The lowest BCUT2D eigenvalue weighted by molar-refractivity contribution is 0.0755. The summed E-state index contributed by atoms with van der Waals surface area (Å²) < 4.78 is 0. The van der Waals surface area contributed by atoms with Crippen molar-refractivity contribution < 1.29 is 4.79 Å². The number of anilines is 1. The van der Waals surface area contributed by atoms with E-state index in [0.717, 1.165) is 44.7 Å². The number of pyridine rings is 1. The van der Waals surface area contributed by atoms with Crippen molar-refractivity contribution in [1.29, 1.82) is 0 Å². The highest BCUT2D eigenvalue weighted by Gasteiger charge is 2.19. The lowest BCUT2D eigenvalue weighted by Crippen LogP contribution is -2.32. The number of likely N-dealkylation sites (tertiary alicyclic amines) is 1. The van der Waals surface area contributed by atoms with Crippen molar-refractivity contribution in [1.82, 2.24) is 19.9 Å². The monoisotopic (exact) mass is 339 g/mol. The smallest absolute Gasteiger partial charge is 0.272 e. The molecule has 1 amide bonds. The predicted molar refractivity (Wildman–Crippen MR) is 97.6 cm³/mol. The second kappa shape index (κ2) is 8.55. The van der Waals surface area contributed by atoms with E-state index >= 15 is 0 Å². The first-order valence-corrected chi connectivity index (χ1v) is 8.95. The fourth-order valence-electron chi connectivity index (χ4n) is 3.07. The third-order valence-electron chi connectivity index (χ3n) is 4.64. The van der Waals surface area contributed by atoms with Gasteiger partial charge in [-0.2, -0.15) is 0 Å². The van der Waals surface area contributed by atoms with Crippen molar-refractivity contribution in [2.75, 3.05) is 31.6 Å². The molecule has 1 fully saturated rings. The highest BCUT2D eigenvalue weighted by atomic mass is 16.2. The lowest BCUT2D eigenvalue weighted by Gasteiger charge is -2.21. The number of hydrogen-bond donors (Lipinski definition) is 0. The molecule has 0 spiro atoms. The van der Waals surface area contributed by atoms with Gasteiger partial charge in [-0.1, -0.05) is 12.8 Å². The van der Waals surface area contributed by atoms with E-state index in [1.165, 1.54) is 24.7 Å². The van der Waals surface area contributed by atoms with Crippen LogP contribution in [0.5, 0.6) is 0 Å². The average Bonchev–Trinajstić information content (AvgIpc) is 2.96. The van der Waals surface area contributed by atoms with Gasteiger partial charge in [0.2, 0.25) is 0 Å². The summed E-state index contributed by atoms with van der Waals surface area (Å²) in [7, 11) is 1.99. The van der Waals surface area contributed by atoms with Crippen LogP contribution in [0.15, 0.2) is 36.9 Å². The molecule has 2 aromatic rings. The van der Waals surface area contributed by atoms with Gasteiger partial charge in [0.05, 0.1) is 0 Å². The third kappa shape index (κ3) is 4.75. The number of carbonyl (C=O) groups is 1. The van der Waals surface area contributed by atoms with E-state index in [9.17, 15) is 4.79 Å². The fraction of sp³-hybridized carbons (Fsp3) is 0.474. The lowest BCUT2D eigenvalue weighted by atomic mass is 10.2. The molecule has 0 atom stereocenters. The van der Waals surface area contributed by atoms with Crippen LogP contribution in [0.3, 0.4) is 0 Å². The van der Waals surface area contributed by atoms with E-state index in [1.54, 1.807) is 18.5 Å². The summed E-state index contributed by atoms with van der Waals surface area (Å²) in [4.78, 5) is 29.3. The Balaban J connectivity index is 1.64. The van der Waals surface area contributed by atoms with Crippen molar-refractivity contribution in [3.8, 4) is 0 Å². The number of aromatic nitrogens is 3. The minimum atomic E-state index is 0.0214. The molecule has 0 saturated carbocycles. The van der Waals surface area contributed by atoms with Gasteiger partial charge in [0.15, 0.2) is 0 Å². The highest BCUT2D eigenvalue weighted by molar-refractivity contribution is 5.92. The van der Waals surface area contributed by atoms with E-state index in [2.05, 4.69) is 19.9 Å². The van der Waals surface area contributed by atoms with Crippen LogP contribution in [0.25, 0.3) is 0 Å². The zero-order chi connectivity index (χ0) is 17.5. The van der Waals surface area contributed by atoms with Crippen molar-refractivity contribution >= 4 is 11.7 Å². The predicted octanol–water partition coefficient (Wildman–Crippen LogP) is 2.57. The number of hydrogen-bond acceptors (Lipinski definition) is 5. The Hall–Kier alpha value is -2.50. The average molecular weight is 339 g/mol. The van der Waals surface area contributed by atoms with Gasteiger partial charge in [0, 0.05) is 45.1 Å². The van der Waals surface area contributed by atoms with E-state index in [0.29, 0.717) is 5.69 Å².